The van der Waals surface area contributed by atoms with E-state index in [0.29, 0.717) is 29.4 Å². The summed E-state index contributed by atoms with van der Waals surface area (Å²) in [7, 11) is 0. The minimum absolute atomic E-state index is 0.00325. The molecule has 0 bridgehead atoms. The molecule has 1 unspecified atom stereocenters. The van der Waals surface area contributed by atoms with Crippen LogP contribution in [-0.4, -0.2) is 12.6 Å². The molecule has 0 spiro atoms. The van der Waals surface area contributed by atoms with Gasteiger partial charge in [0.2, 0.25) is 5.88 Å². The van der Waals surface area contributed by atoms with Crippen molar-refractivity contribution in [3.05, 3.63) is 131 Å². The van der Waals surface area contributed by atoms with E-state index in [1.54, 1.807) is 30.3 Å². The van der Waals surface area contributed by atoms with Crippen molar-refractivity contribution in [2.75, 3.05) is 6.61 Å². The number of para-hydroxylation sites is 1. The van der Waals surface area contributed by atoms with Crippen molar-refractivity contribution in [2.24, 2.45) is 5.73 Å². The van der Waals surface area contributed by atoms with Crippen molar-refractivity contribution >= 4 is 5.97 Å². The monoisotopic (exact) mass is 504 g/mol. The van der Waals surface area contributed by atoms with Crippen LogP contribution in [0.25, 0.3) is 0 Å². The summed E-state index contributed by atoms with van der Waals surface area (Å²) in [4.78, 5) is 12.3. The summed E-state index contributed by atoms with van der Waals surface area (Å²) in [5.74, 6) is 0.864. The summed E-state index contributed by atoms with van der Waals surface area (Å²) in [5, 5.41) is 9.88. The molecule has 0 aliphatic carbocycles. The third kappa shape index (κ3) is 5.61. The van der Waals surface area contributed by atoms with Crippen LogP contribution >= 0.6 is 0 Å². The molecule has 0 amide bonds. The summed E-state index contributed by atoms with van der Waals surface area (Å²) in [6.07, 6.45) is 0. The number of esters is 1. The molecule has 0 saturated heterocycles. The van der Waals surface area contributed by atoms with Crippen LogP contribution < -0.4 is 24.7 Å². The Bertz CT molecular complexity index is 1510. The number of carbonyl (C=O) groups is 1. The van der Waals surface area contributed by atoms with E-state index < -0.39 is 11.9 Å². The van der Waals surface area contributed by atoms with Gasteiger partial charge in [0, 0.05) is 11.6 Å². The van der Waals surface area contributed by atoms with Gasteiger partial charge in [0.1, 0.15) is 41.2 Å². The van der Waals surface area contributed by atoms with Crippen molar-refractivity contribution < 1.29 is 23.7 Å². The number of rotatable bonds is 8. The highest BCUT2D eigenvalue weighted by molar-refractivity contribution is 5.74. The average Bonchev–Trinajstić information content (AvgIpc) is 2.95. The zero-order valence-corrected chi connectivity index (χ0v) is 20.4. The van der Waals surface area contributed by atoms with Gasteiger partial charge in [-0.2, -0.15) is 5.26 Å². The molecule has 4 aromatic carbocycles. The fraction of sp³-hybridized carbons (Fsp3) is 0.0968. The quantitative estimate of drug-likeness (QED) is 0.251. The minimum Gasteiger partial charge on any atom is -0.489 e. The van der Waals surface area contributed by atoms with E-state index in [-0.39, 0.29) is 18.2 Å². The van der Waals surface area contributed by atoms with Crippen molar-refractivity contribution in [1.82, 2.24) is 0 Å². The van der Waals surface area contributed by atoms with E-state index in [1.165, 1.54) is 0 Å². The highest BCUT2D eigenvalue weighted by atomic mass is 16.6. The summed E-state index contributed by atoms with van der Waals surface area (Å²) in [5.41, 5.74) is 9.02. The van der Waals surface area contributed by atoms with E-state index in [1.807, 2.05) is 72.8 Å². The second kappa shape index (κ2) is 11.2. The third-order valence-electron chi connectivity index (χ3n) is 5.96. The normalized spacial score (nSPS) is 14.0. The van der Waals surface area contributed by atoms with Crippen LogP contribution in [0, 0.1) is 11.3 Å². The van der Waals surface area contributed by atoms with E-state index in [9.17, 15) is 10.1 Å². The lowest BCUT2D eigenvalue weighted by Gasteiger charge is -2.27. The molecule has 5 rings (SSSR count). The van der Waals surface area contributed by atoms with Crippen molar-refractivity contribution in [3.63, 3.8) is 0 Å². The molecule has 4 aromatic rings. The van der Waals surface area contributed by atoms with E-state index >= 15 is 0 Å². The summed E-state index contributed by atoms with van der Waals surface area (Å²) in [6, 6.07) is 33.6. The van der Waals surface area contributed by atoms with Crippen LogP contribution in [0.5, 0.6) is 23.0 Å². The number of nitrogens with zero attached hydrogens (tertiary/aromatic N) is 1. The smallest absolute Gasteiger partial charge is 0.349 e. The Morgan fingerprint density at radius 3 is 2.34 bits per heavy atom. The number of fused-ring (bicyclic) bond motifs is 1. The molecule has 0 saturated carbocycles. The first-order chi connectivity index (χ1) is 18.6. The highest BCUT2D eigenvalue weighted by Crippen LogP contribution is 2.44. The van der Waals surface area contributed by atoms with Crippen molar-refractivity contribution in [1.29, 1.82) is 5.26 Å². The molecule has 1 heterocycles. The molecule has 0 aromatic heterocycles. The molecule has 2 N–H and O–H groups in total. The van der Waals surface area contributed by atoms with Crippen molar-refractivity contribution in [3.8, 4) is 29.1 Å². The summed E-state index contributed by atoms with van der Waals surface area (Å²) >= 11 is 0. The molecule has 0 radical (unpaired) electrons. The molecular weight excluding hydrogens is 480 g/mol. The standard InChI is InChI=1S/C31H24N2O5/c32-18-27-30(22-10-7-13-24(16-22)35-19-21-8-3-1-4-9-21)26-15-14-25(17-28(26)38-31(27)33)37-29(34)20-36-23-11-5-2-6-12-23/h1-17,30H,19-20,33H2. The van der Waals surface area contributed by atoms with Crippen molar-refractivity contribution in [2.45, 2.75) is 12.5 Å². The van der Waals surface area contributed by atoms with E-state index in [0.717, 1.165) is 16.7 Å². The molecule has 1 atom stereocenters. The summed E-state index contributed by atoms with van der Waals surface area (Å²) in [6.45, 7) is 0.168. The largest absolute Gasteiger partial charge is 0.489 e. The Hall–Kier alpha value is -5.22. The predicted octanol–water partition coefficient (Wildman–Crippen LogP) is 5.47. The SMILES string of the molecule is N#CC1=C(N)Oc2cc(OC(=O)COc3ccccc3)ccc2C1c1cccc(OCc2ccccc2)c1. The maximum atomic E-state index is 12.3. The zero-order valence-electron chi connectivity index (χ0n) is 20.4. The van der Waals surface area contributed by atoms with E-state index in [2.05, 4.69) is 6.07 Å². The number of hydrogen-bond donors (Lipinski definition) is 1. The molecular formula is C31H24N2O5. The second-order valence-corrected chi connectivity index (χ2v) is 8.55. The number of benzene rings is 4. The molecule has 1 aliphatic heterocycles. The molecule has 188 valence electrons. The molecule has 7 nitrogen and oxygen atoms in total. The Morgan fingerprint density at radius 2 is 1.58 bits per heavy atom. The van der Waals surface area contributed by atoms with Gasteiger partial charge in [-0.05, 0) is 41.5 Å². The number of hydrogen-bond acceptors (Lipinski definition) is 7. The maximum absolute atomic E-state index is 12.3. The lowest BCUT2D eigenvalue weighted by Crippen LogP contribution is -2.21. The van der Waals surface area contributed by atoms with Gasteiger partial charge in [-0.15, -0.1) is 0 Å². The van der Waals surface area contributed by atoms with Gasteiger partial charge in [-0.25, -0.2) is 4.79 Å². The van der Waals surface area contributed by atoms with Crippen LogP contribution in [0.2, 0.25) is 0 Å². The van der Waals surface area contributed by atoms with Crippen LogP contribution in [-0.2, 0) is 11.4 Å². The topological polar surface area (TPSA) is 104 Å². The number of carbonyl (C=O) groups excluding carboxylic acids is 1. The first-order valence-electron chi connectivity index (χ1n) is 12.0. The van der Waals surface area contributed by atoms with Gasteiger partial charge >= 0.3 is 5.97 Å². The lowest BCUT2D eigenvalue weighted by atomic mass is 9.83. The molecule has 38 heavy (non-hydrogen) atoms. The maximum Gasteiger partial charge on any atom is 0.349 e. The lowest BCUT2D eigenvalue weighted by molar-refractivity contribution is -0.136. The van der Waals surface area contributed by atoms with Gasteiger partial charge in [0.15, 0.2) is 6.61 Å². The Kier molecular flexibility index (Phi) is 7.23. The third-order valence-corrected chi connectivity index (χ3v) is 5.96. The first-order valence-corrected chi connectivity index (χ1v) is 12.0. The van der Waals surface area contributed by atoms with Gasteiger partial charge in [-0.3, -0.25) is 0 Å². The van der Waals surface area contributed by atoms with Gasteiger partial charge < -0.3 is 24.7 Å². The van der Waals surface area contributed by atoms with Crippen LogP contribution in [0.1, 0.15) is 22.6 Å². The van der Waals surface area contributed by atoms with Crippen LogP contribution in [0.15, 0.2) is 115 Å². The summed E-state index contributed by atoms with van der Waals surface area (Å²) < 4.78 is 22.6. The van der Waals surface area contributed by atoms with Gasteiger partial charge in [0.25, 0.3) is 0 Å². The van der Waals surface area contributed by atoms with E-state index in [4.69, 9.17) is 24.7 Å². The first kappa shape index (κ1) is 24.5. The average molecular weight is 505 g/mol. The minimum atomic E-state index is -0.564. The number of nitriles is 1. The number of nitrogens with two attached hydrogens (primary N) is 1. The highest BCUT2D eigenvalue weighted by Gasteiger charge is 2.31. The number of ether oxygens (including phenoxy) is 4. The second-order valence-electron chi connectivity index (χ2n) is 8.55. The Labute approximate surface area is 220 Å². The molecule has 0 fully saturated rings. The van der Waals surface area contributed by atoms with Crippen LogP contribution in [0.4, 0.5) is 0 Å². The zero-order chi connectivity index (χ0) is 26.3. The molecule has 1 aliphatic rings. The van der Waals surface area contributed by atoms with Gasteiger partial charge in [0.05, 0.1) is 5.92 Å². The fourth-order valence-electron chi connectivity index (χ4n) is 4.19. The van der Waals surface area contributed by atoms with Crippen LogP contribution in [0.3, 0.4) is 0 Å². The fourth-order valence-corrected chi connectivity index (χ4v) is 4.19. The Balaban J connectivity index is 1.35. The predicted molar refractivity (Wildman–Crippen MR) is 141 cm³/mol. The number of allylic oxidation sites excluding steroid dienone is 1. The van der Waals surface area contributed by atoms with Gasteiger partial charge in [-0.1, -0.05) is 66.7 Å². The Morgan fingerprint density at radius 1 is 0.842 bits per heavy atom. The molecule has 7 heteroatoms.